The highest BCUT2D eigenvalue weighted by Gasteiger charge is 2.21. The molecule has 112 valence electrons. The second-order valence-corrected chi connectivity index (χ2v) is 6.69. The summed E-state index contributed by atoms with van der Waals surface area (Å²) in [4.78, 5) is 8.15. The highest BCUT2D eigenvalue weighted by Crippen LogP contribution is 2.49. The lowest BCUT2D eigenvalue weighted by atomic mass is 10.2. The van der Waals surface area contributed by atoms with Crippen molar-refractivity contribution in [2.24, 2.45) is 0 Å². The Kier molecular flexibility index (Phi) is 5.07. The lowest BCUT2D eigenvalue weighted by molar-refractivity contribution is 0.275. The first-order valence-electron chi connectivity index (χ1n) is 6.30. The molecule has 1 aromatic heterocycles. The Bertz CT molecular complexity index is 638. The Hall–Kier alpha value is -1.75. The zero-order valence-corrected chi connectivity index (χ0v) is 13.0. The van der Waals surface area contributed by atoms with Crippen LogP contribution in [0.4, 0.5) is 0 Å². The lowest BCUT2D eigenvalue weighted by Crippen LogP contribution is -1.95. The maximum atomic E-state index is 12.1. The summed E-state index contributed by atoms with van der Waals surface area (Å²) in [6, 6.07) is 7.42. The van der Waals surface area contributed by atoms with Crippen molar-refractivity contribution in [1.82, 2.24) is 9.97 Å². The average molecular weight is 308 g/mol. The van der Waals surface area contributed by atoms with Crippen LogP contribution in [0.5, 0.6) is 11.8 Å². The van der Waals surface area contributed by atoms with E-state index < -0.39 is 7.60 Å². The fourth-order valence-corrected chi connectivity index (χ4v) is 2.72. The van der Waals surface area contributed by atoms with Gasteiger partial charge in [-0.05, 0) is 30.2 Å². The van der Waals surface area contributed by atoms with Gasteiger partial charge >= 0.3 is 13.6 Å². The fraction of sp³-hybridized carbons (Fsp3) is 0.286. The Morgan fingerprint density at radius 2 is 1.81 bits per heavy atom. The number of nitrogens with zero attached hydrogens (tertiary/aromatic N) is 2. The first-order chi connectivity index (χ1) is 10.0. The SMILES string of the molecule is COP(=O)(Cc1cccc(Oc2ncc(C)cn2)c1)OC. The van der Waals surface area contributed by atoms with Crippen molar-refractivity contribution in [1.29, 1.82) is 0 Å². The summed E-state index contributed by atoms with van der Waals surface area (Å²) in [6.07, 6.45) is 3.53. The highest BCUT2D eigenvalue weighted by atomic mass is 31.2. The summed E-state index contributed by atoms with van der Waals surface area (Å²) in [7, 11) is -0.367. The van der Waals surface area contributed by atoms with Gasteiger partial charge < -0.3 is 13.8 Å². The lowest BCUT2D eigenvalue weighted by Gasteiger charge is -2.13. The molecule has 0 saturated heterocycles. The minimum absolute atomic E-state index is 0.173. The van der Waals surface area contributed by atoms with E-state index in [1.807, 2.05) is 13.0 Å². The second kappa shape index (κ2) is 6.80. The van der Waals surface area contributed by atoms with Gasteiger partial charge in [0, 0.05) is 26.6 Å². The van der Waals surface area contributed by atoms with Crippen LogP contribution < -0.4 is 4.74 Å². The monoisotopic (exact) mass is 308 g/mol. The molecule has 0 aliphatic carbocycles. The van der Waals surface area contributed by atoms with Crippen molar-refractivity contribution in [3.63, 3.8) is 0 Å². The summed E-state index contributed by atoms with van der Waals surface area (Å²) in [5, 5.41) is 0. The molecule has 2 rings (SSSR count). The normalized spacial score (nSPS) is 11.4. The smallest absolute Gasteiger partial charge is 0.334 e. The quantitative estimate of drug-likeness (QED) is 0.760. The maximum absolute atomic E-state index is 12.1. The van der Waals surface area contributed by atoms with Gasteiger partial charge in [0.25, 0.3) is 0 Å². The van der Waals surface area contributed by atoms with E-state index in [9.17, 15) is 4.57 Å². The Balaban J connectivity index is 2.14. The van der Waals surface area contributed by atoms with Crippen LogP contribution in [-0.2, 0) is 19.8 Å². The van der Waals surface area contributed by atoms with E-state index in [0.717, 1.165) is 11.1 Å². The molecule has 0 saturated carbocycles. The minimum atomic E-state index is -3.10. The average Bonchev–Trinajstić information content (AvgIpc) is 2.50. The molecule has 0 spiro atoms. The van der Waals surface area contributed by atoms with E-state index in [0.29, 0.717) is 5.75 Å². The van der Waals surface area contributed by atoms with Crippen molar-refractivity contribution in [2.75, 3.05) is 14.2 Å². The second-order valence-electron chi connectivity index (χ2n) is 4.43. The van der Waals surface area contributed by atoms with Gasteiger partial charge in [0.05, 0.1) is 6.16 Å². The van der Waals surface area contributed by atoms with Crippen LogP contribution in [0.2, 0.25) is 0 Å². The van der Waals surface area contributed by atoms with Gasteiger partial charge in [0.1, 0.15) is 5.75 Å². The molecule has 1 heterocycles. The van der Waals surface area contributed by atoms with E-state index in [4.69, 9.17) is 13.8 Å². The fourth-order valence-electron chi connectivity index (χ4n) is 1.67. The number of aromatic nitrogens is 2. The molecule has 0 N–H and O–H groups in total. The van der Waals surface area contributed by atoms with Crippen LogP contribution in [0.1, 0.15) is 11.1 Å². The van der Waals surface area contributed by atoms with Crippen LogP contribution in [0.3, 0.4) is 0 Å². The number of rotatable bonds is 6. The number of hydrogen-bond donors (Lipinski definition) is 0. The van der Waals surface area contributed by atoms with Crippen molar-refractivity contribution >= 4 is 7.60 Å². The highest BCUT2D eigenvalue weighted by molar-refractivity contribution is 7.52. The van der Waals surface area contributed by atoms with Crippen LogP contribution >= 0.6 is 7.60 Å². The first kappa shape index (κ1) is 15.6. The molecule has 0 bridgehead atoms. The van der Waals surface area contributed by atoms with Crippen LogP contribution in [0.25, 0.3) is 0 Å². The molecule has 6 nitrogen and oxygen atoms in total. The van der Waals surface area contributed by atoms with Gasteiger partial charge in [-0.1, -0.05) is 12.1 Å². The molecule has 0 fully saturated rings. The zero-order chi connectivity index (χ0) is 15.3. The zero-order valence-electron chi connectivity index (χ0n) is 12.1. The Labute approximate surface area is 123 Å². The molecule has 2 aromatic rings. The number of hydrogen-bond acceptors (Lipinski definition) is 6. The largest absolute Gasteiger partial charge is 0.424 e. The number of ether oxygens (including phenoxy) is 1. The summed E-state index contributed by atoms with van der Waals surface area (Å²) < 4.78 is 27.5. The van der Waals surface area contributed by atoms with Crippen molar-refractivity contribution in [2.45, 2.75) is 13.1 Å². The predicted octanol–water partition coefficient (Wildman–Crippen LogP) is 3.56. The van der Waals surface area contributed by atoms with Crippen molar-refractivity contribution in [3.05, 3.63) is 47.8 Å². The van der Waals surface area contributed by atoms with Gasteiger partial charge in [-0.2, -0.15) is 0 Å². The molecule has 0 aliphatic rings. The standard InChI is InChI=1S/C14H17N2O4P/c1-11-8-15-14(16-9-11)20-13-6-4-5-12(7-13)10-21(17,18-2)19-3/h4-9H,10H2,1-3H3. The molecule has 0 aliphatic heterocycles. The van der Waals surface area contributed by atoms with Gasteiger partial charge in [-0.15, -0.1) is 0 Å². The third-order valence-corrected chi connectivity index (χ3v) is 4.66. The third-order valence-electron chi connectivity index (χ3n) is 2.80. The number of aryl methyl sites for hydroxylation is 1. The molecule has 7 heteroatoms. The molecule has 0 unspecified atom stereocenters. The van der Waals surface area contributed by atoms with E-state index >= 15 is 0 Å². The molecule has 0 amide bonds. The molecular weight excluding hydrogens is 291 g/mol. The van der Waals surface area contributed by atoms with Gasteiger partial charge in [-0.3, -0.25) is 4.57 Å². The Morgan fingerprint density at radius 3 is 2.43 bits per heavy atom. The number of benzene rings is 1. The van der Waals surface area contributed by atoms with Crippen LogP contribution in [0.15, 0.2) is 36.7 Å². The van der Waals surface area contributed by atoms with Crippen LogP contribution in [-0.4, -0.2) is 24.2 Å². The maximum Gasteiger partial charge on any atom is 0.334 e. The summed E-state index contributed by atoms with van der Waals surface area (Å²) in [5.41, 5.74) is 1.74. The van der Waals surface area contributed by atoms with Crippen molar-refractivity contribution in [3.8, 4) is 11.8 Å². The van der Waals surface area contributed by atoms with E-state index in [1.54, 1.807) is 30.6 Å². The van der Waals surface area contributed by atoms with Gasteiger partial charge in [0.15, 0.2) is 0 Å². The summed E-state index contributed by atoms with van der Waals surface area (Å²) >= 11 is 0. The summed E-state index contributed by atoms with van der Waals surface area (Å²) in [6.45, 7) is 1.90. The molecular formula is C14H17N2O4P. The predicted molar refractivity (Wildman–Crippen MR) is 78.6 cm³/mol. The van der Waals surface area contributed by atoms with E-state index in [2.05, 4.69) is 9.97 Å². The molecule has 0 atom stereocenters. The first-order valence-corrected chi connectivity index (χ1v) is 8.03. The Morgan fingerprint density at radius 1 is 1.14 bits per heavy atom. The van der Waals surface area contributed by atoms with Crippen molar-refractivity contribution < 1.29 is 18.3 Å². The van der Waals surface area contributed by atoms with E-state index in [-0.39, 0.29) is 12.2 Å². The van der Waals surface area contributed by atoms with Crippen LogP contribution in [0, 0.1) is 6.92 Å². The van der Waals surface area contributed by atoms with Gasteiger partial charge in [-0.25, -0.2) is 9.97 Å². The van der Waals surface area contributed by atoms with Gasteiger partial charge in [0.2, 0.25) is 0 Å². The topological polar surface area (TPSA) is 70.5 Å². The summed E-state index contributed by atoms with van der Waals surface area (Å²) in [5.74, 6) is 0.565. The molecule has 1 aromatic carbocycles. The molecule has 0 radical (unpaired) electrons. The van der Waals surface area contributed by atoms with E-state index in [1.165, 1.54) is 14.2 Å². The third kappa shape index (κ3) is 4.36. The minimum Gasteiger partial charge on any atom is -0.424 e. The molecule has 21 heavy (non-hydrogen) atoms.